The zero-order valence-corrected chi connectivity index (χ0v) is 8.59. The van der Waals surface area contributed by atoms with E-state index >= 15 is 0 Å². The Hall–Kier alpha value is -1.81. The summed E-state index contributed by atoms with van der Waals surface area (Å²) >= 11 is 0. The maximum Gasteiger partial charge on any atom is 0.354 e. The summed E-state index contributed by atoms with van der Waals surface area (Å²) in [4.78, 5) is 16.7. The number of nitro groups is 2. The van der Waals surface area contributed by atoms with Gasteiger partial charge >= 0.3 is 4.87 Å². The van der Waals surface area contributed by atoms with Gasteiger partial charge in [0.05, 0.1) is 11.3 Å². The Morgan fingerprint density at radius 3 is 2.19 bits per heavy atom. The third-order valence-electron chi connectivity index (χ3n) is 2.13. The fourth-order valence-electron chi connectivity index (χ4n) is 1.19. The van der Waals surface area contributed by atoms with E-state index in [4.69, 9.17) is 5.14 Å². The highest BCUT2D eigenvalue weighted by atomic mass is 32.2. The van der Waals surface area contributed by atoms with Gasteiger partial charge in [-0.2, -0.15) is 0 Å². The first-order valence-electron chi connectivity index (χ1n) is 3.91. The van der Waals surface area contributed by atoms with Crippen LogP contribution in [0.2, 0.25) is 0 Å². The number of allylic oxidation sites excluding steroid dienone is 1. The predicted octanol–water partition coefficient (Wildman–Crippen LogP) is -0.632. The number of nitrogens with two attached hydrogens (primary N) is 1. The number of sulfonamides is 1. The molecular formula is C6H7N3O6S. The Labute approximate surface area is 89.6 Å². The molecular weight excluding hydrogens is 242 g/mol. The summed E-state index contributed by atoms with van der Waals surface area (Å²) in [7, 11) is -4.49. The molecule has 0 saturated heterocycles. The summed E-state index contributed by atoms with van der Waals surface area (Å²) in [6.07, 6.45) is 1.58. The highest BCUT2D eigenvalue weighted by Crippen LogP contribution is 2.28. The molecule has 0 bridgehead atoms. The Morgan fingerprint density at radius 1 is 1.38 bits per heavy atom. The number of rotatable bonds is 3. The van der Waals surface area contributed by atoms with E-state index in [0.29, 0.717) is 6.08 Å². The minimum Gasteiger partial charge on any atom is -0.262 e. The maximum atomic E-state index is 11.1. The van der Waals surface area contributed by atoms with E-state index < -0.39 is 36.9 Å². The molecule has 0 aromatic heterocycles. The monoisotopic (exact) mass is 249 g/mol. The SMILES string of the molecule is NS(=O)(=O)C1([N+](=O)[O-])C=CC([N+](=O)[O-])=CC1. The topological polar surface area (TPSA) is 146 Å². The molecule has 1 aliphatic rings. The van der Waals surface area contributed by atoms with E-state index in [2.05, 4.69) is 0 Å². The van der Waals surface area contributed by atoms with Crippen LogP contribution in [0.4, 0.5) is 0 Å². The van der Waals surface area contributed by atoms with Gasteiger partial charge in [0, 0.05) is 23.2 Å². The first-order chi connectivity index (χ1) is 7.21. The molecule has 9 nitrogen and oxygen atoms in total. The second kappa shape index (κ2) is 3.64. The molecule has 1 rings (SSSR count). The van der Waals surface area contributed by atoms with Crippen molar-refractivity contribution < 1.29 is 18.3 Å². The van der Waals surface area contributed by atoms with Crippen LogP contribution in [-0.2, 0) is 10.0 Å². The minimum absolute atomic E-state index is 0.402. The molecule has 88 valence electrons. The molecule has 2 N–H and O–H groups in total. The molecule has 0 radical (unpaired) electrons. The van der Waals surface area contributed by atoms with E-state index in [9.17, 15) is 28.6 Å². The number of primary sulfonamides is 1. The molecule has 16 heavy (non-hydrogen) atoms. The van der Waals surface area contributed by atoms with Gasteiger partial charge in [0.2, 0.25) is 0 Å². The minimum atomic E-state index is -4.49. The Kier molecular flexibility index (Phi) is 2.79. The largest absolute Gasteiger partial charge is 0.354 e. The lowest BCUT2D eigenvalue weighted by atomic mass is 10.1. The Bertz CT molecular complexity index is 506. The molecule has 1 unspecified atom stereocenters. The van der Waals surface area contributed by atoms with Crippen LogP contribution in [0, 0.1) is 20.2 Å². The fraction of sp³-hybridized carbons (Fsp3) is 0.333. The van der Waals surface area contributed by atoms with Gasteiger partial charge in [-0.25, -0.2) is 13.6 Å². The van der Waals surface area contributed by atoms with Crippen molar-refractivity contribution in [2.24, 2.45) is 5.14 Å². The number of hydrogen-bond acceptors (Lipinski definition) is 6. The molecule has 0 aromatic rings. The zero-order valence-electron chi connectivity index (χ0n) is 7.77. The van der Waals surface area contributed by atoms with E-state index in [-0.39, 0.29) is 0 Å². The quantitative estimate of drug-likeness (QED) is 0.520. The van der Waals surface area contributed by atoms with Crippen LogP contribution < -0.4 is 5.14 Å². The third-order valence-corrected chi connectivity index (χ3v) is 3.57. The highest BCUT2D eigenvalue weighted by Gasteiger charge is 2.53. The number of nitrogens with zero attached hydrogens (tertiary/aromatic N) is 2. The van der Waals surface area contributed by atoms with Crippen molar-refractivity contribution in [2.45, 2.75) is 11.3 Å². The molecule has 0 aliphatic heterocycles. The molecule has 0 aromatic carbocycles. The summed E-state index contributed by atoms with van der Waals surface area (Å²) in [6, 6.07) is 0. The molecule has 10 heteroatoms. The van der Waals surface area contributed by atoms with Crippen molar-refractivity contribution in [3.05, 3.63) is 44.2 Å². The van der Waals surface area contributed by atoms with Crippen molar-refractivity contribution in [1.82, 2.24) is 0 Å². The van der Waals surface area contributed by atoms with Crippen molar-refractivity contribution in [3.8, 4) is 0 Å². The van der Waals surface area contributed by atoms with Gasteiger partial charge in [-0.3, -0.25) is 20.2 Å². The maximum absolute atomic E-state index is 11.1. The summed E-state index contributed by atoms with van der Waals surface area (Å²) in [5, 5.41) is 25.8. The van der Waals surface area contributed by atoms with Crippen molar-refractivity contribution in [1.29, 1.82) is 0 Å². The van der Waals surface area contributed by atoms with Gasteiger partial charge in [-0.1, -0.05) is 0 Å². The van der Waals surface area contributed by atoms with Crippen LogP contribution in [0.1, 0.15) is 6.42 Å². The predicted molar refractivity (Wildman–Crippen MR) is 51.7 cm³/mol. The highest BCUT2D eigenvalue weighted by molar-refractivity contribution is 7.90. The Morgan fingerprint density at radius 2 is 1.94 bits per heavy atom. The second-order valence-corrected chi connectivity index (χ2v) is 4.87. The summed E-state index contributed by atoms with van der Waals surface area (Å²) in [5.41, 5.74) is -0.402. The molecule has 1 aliphatic carbocycles. The standard InChI is InChI=1S/C6H7N3O6S/c7-16(14,15)6(9(12)13)3-1-5(2-4-6)8(10)11/h1-3H,4H2,(H2,7,14,15). The van der Waals surface area contributed by atoms with Gasteiger partial charge in [-0.15, -0.1) is 0 Å². The lowest BCUT2D eigenvalue weighted by Crippen LogP contribution is -2.49. The number of hydrogen-bond donors (Lipinski definition) is 1. The van der Waals surface area contributed by atoms with Gasteiger partial charge in [0.15, 0.2) is 0 Å². The van der Waals surface area contributed by atoms with Gasteiger partial charge < -0.3 is 0 Å². The average Bonchev–Trinajstić information content (AvgIpc) is 2.15. The lowest BCUT2D eigenvalue weighted by Gasteiger charge is -2.19. The first-order valence-corrected chi connectivity index (χ1v) is 5.46. The summed E-state index contributed by atoms with van der Waals surface area (Å²) in [6.45, 7) is 0. The molecule has 1 atom stereocenters. The fourth-order valence-corrected chi connectivity index (χ4v) is 1.97. The van der Waals surface area contributed by atoms with E-state index in [0.717, 1.165) is 12.2 Å². The molecule has 0 amide bonds. The average molecular weight is 249 g/mol. The van der Waals surface area contributed by atoms with E-state index in [1.54, 1.807) is 0 Å². The summed E-state index contributed by atoms with van der Waals surface area (Å²) in [5.74, 6) is 0. The van der Waals surface area contributed by atoms with Crippen LogP contribution in [0.3, 0.4) is 0 Å². The smallest absolute Gasteiger partial charge is 0.262 e. The van der Waals surface area contributed by atoms with Crippen LogP contribution in [0.25, 0.3) is 0 Å². The molecule has 0 saturated carbocycles. The van der Waals surface area contributed by atoms with Gasteiger partial charge in [0.25, 0.3) is 15.7 Å². The van der Waals surface area contributed by atoms with Crippen LogP contribution in [0.15, 0.2) is 23.9 Å². The van der Waals surface area contributed by atoms with E-state index in [1.165, 1.54) is 0 Å². The van der Waals surface area contributed by atoms with Crippen LogP contribution in [-0.4, -0.2) is 23.1 Å². The van der Waals surface area contributed by atoms with Gasteiger partial charge in [0.1, 0.15) is 0 Å². The Balaban J connectivity index is 3.22. The van der Waals surface area contributed by atoms with Crippen molar-refractivity contribution in [3.63, 3.8) is 0 Å². The first kappa shape index (κ1) is 12.3. The third kappa shape index (κ3) is 1.79. The molecule has 0 heterocycles. The molecule has 0 fully saturated rings. The van der Waals surface area contributed by atoms with Crippen LogP contribution in [0.5, 0.6) is 0 Å². The van der Waals surface area contributed by atoms with Gasteiger partial charge in [-0.05, 0) is 0 Å². The van der Waals surface area contributed by atoms with Crippen LogP contribution >= 0.6 is 0 Å². The molecule has 0 spiro atoms. The lowest BCUT2D eigenvalue weighted by molar-refractivity contribution is -0.527. The van der Waals surface area contributed by atoms with E-state index in [1.807, 2.05) is 0 Å². The van der Waals surface area contributed by atoms with Crippen molar-refractivity contribution in [2.75, 3.05) is 0 Å². The normalized spacial score (nSPS) is 24.9. The second-order valence-electron chi connectivity index (χ2n) is 3.07. The zero-order chi connectivity index (χ0) is 12.6. The van der Waals surface area contributed by atoms with Crippen molar-refractivity contribution >= 4 is 10.0 Å². The summed E-state index contributed by atoms with van der Waals surface area (Å²) < 4.78 is 22.2.